The minimum atomic E-state index is -0.391. The van der Waals surface area contributed by atoms with Crippen LogP contribution in [0.2, 0.25) is 0 Å². The second kappa shape index (κ2) is 4.84. The summed E-state index contributed by atoms with van der Waals surface area (Å²) in [5.41, 5.74) is 4.70. The molecule has 1 amide bonds. The van der Waals surface area contributed by atoms with Crippen LogP contribution < -0.4 is 16.6 Å². The molecule has 2 rings (SSSR count). The first-order valence-corrected chi connectivity index (χ1v) is 5.27. The van der Waals surface area contributed by atoms with Crippen LogP contribution in [0.25, 0.3) is 0 Å². The smallest absolute Gasteiger partial charge is 0.301 e. The molecule has 0 fully saturated rings. The summed E-state index contributed by atoms with van der Waals surface area (Å²) < 4.78 is 5.04. The van der Waals surface area contributed by atoms with Gasteiger partial charge in [-0.2, -0.15) is 4.98 Å². The molecule has 7 heteroatoms. The molecule has 2 aromatic rings. The van der Waals surface area contributed by atoms with Crippen LogP contribution in [0.15, 0.2) is 22.9 Å². The number of nitrogens with one attached hydrogen (secondary N) is 2. The maximum absolute atomic E-state index is 12.0. The molecule has 0 bridgehead atoms. The summed E-state index contributed by atoms with van der Waals surface area (Å²) in [6.45, 7) is 3.57. The van der Waals surface area contributed by atoms with E-state index in [-0.39, 0.29) is 6.01 Å². The summed E-state index contributed by atoms with van der Waals surface area (Å²) in [4.78, 5) is 20.0. The first-order valence-electron chi connectivity index (χ1n) is 5.27. The maximum atomic E-state index is 12.0. The van der Waals surface area contributed by atoms with Gasteiger partial charge in [-0.25, -0.2) is 0 Å². The van der Waals surface area contributed by atoms with E-state index < -0.39 is 5.91 Å². The molecule has 0 aliphatic heterocycles. The zero-order valence-electron chi connectivity index (χ0n) is 10.0. The molecular weight excluding hydrogens is 234 g/mol. The van der Waals surface area contributed by atoms with Gasteiger partial charge in [0.25, 0.3) is 5.91 Å². The number of hydrogen-bond acceptors (Lipinski definition) is 6. The van der Waals surface area contributed by atoms with E-state index in [0.29, 0.717) is 16.9 Å². The SMILES string of the molecule is Cc1cc(NN)c(C(=O)Nc2nc(C)co2)cn1. The average Bonchev–Trinajstić information content (AvgIpc) is 2.74. The number of carbonyl (C=O) groups excluding carboxylic acids is 1. The van der Waals surface area contributed by atoms with Gasteiger partial charge in [0.05, 0.1) is 16.9 Å². The molecule has 4 N–H and O–H groups in total. The van der Waals surface area contributed by atoms with E-state index in [1.807, 2.05) is 0 Å². The van der Waals surface area contributed by atoms with Gasteiger partial charge in [0.1, 0.15) is 6.26 Å². The van der Waals surface area contributed by atoms with E-state index in [0.717, 1.165) is 5.69 Å². The highest BCUT2D eigenvalue weighted by atomic mass is 16.4. The van der Waals surface area contributed by atoms with Crippen LogP contribution in [-0.4, -0.2) is 15.9 Å². The highest BCUT2D eigenvalue weighted by molar-refractivity contribution is 6.06. The van der Waals surface area contributed by atoms with Crippen LogP contribution in [0.3, 0.4) is 0 Å². The molecular formula is C11H13N5O2. The Balaban J connectivity index is 2.23. The van der Waals surface area contributed by atoms with E-state index in [4.69, 9.17) is 10.3 Å². The number of rotatable bonds is 3. The summed E-state index contributed by atoms with van der Waals surface area (Å²) in [5, 5.41) is 2.52. The third-order valence-electron chi connectivity index (χ3n) is 2.28. The molecule has 0 aliphatic carbocycles. The normalized spacial score (nSPS) is 10.2. The van der Waals surface area contributed by atoms with Gasteiger partial charge in [0.2, 0.25) is 0 Å². The largest absolute Gasteiger partial charge is 0.432 e. The molecule has 0 aliphatic rings. The van der Waals surface area contributed by atoms with Gasteiger partial charge in [0.15, 0.2) is 0 Å². The molecule has 18 heavy (non-hydrogen) atoms. The number of hydrazine groups is 1. The Morgan fingerprint density at radius 1 is 1.39 bits per heavy atom. The van der Waals surface area contributed by atoms with Crippen molar-refractivity contribution in [3.05, 3.63) is 35.5 Å². The fourth-order valence-electron chi connectivity index (χ4n) is 1.44. The van der Waals surface area contributed by atoms with Gasteiger partial charge < -0.3 is 9.84 Å². The molecule has 0 aromatic carbocycles. The second-order valence-electron chi connectivity index (χ2n) is 3.76. The molecule has 0 unspecified atom stereocenters. The van der Waals surface area contributed by atoms with Gasteiger partial charge in [-0.15, -0.1) is 0 Å². The second-order valence-corrected chi connectivity index (χ2v) is 3.76. The number of nitrogens with zero attached hydrogens (tertiary/aromatic N) is 2. The Kier molecular flexibility index (Phi) is 3.24. The van der Waals surface area contributed by atoms with Crippen LogP contribution in [-0.2, 0) is 0 Å². The Morgan fingerprint density at radius 3 is 2.78 bits per heavy atom. The first-order chi connectivity index (χ1) is 8.60. The van der Waals surface area contributed by atoms with Gasteiger partial charge in [-0.1, -0.05) is 0 Å². The van der Waals surface area contributed by atoms with Crippen LogP contribution in [0.1, 0.15) is 21.7 Å². The highest BCUT2D eigenvalue weighted by Crippen LogP contribution is 2.16. The van der Waals surface area contributed by atoms with E-state index in [1.165, 1.54) is 12.5 Å². The number of nitrogen functional groups attached to an aromatic ring is 1. The average molecular weight is 247 g/mol. The number of aryl methyl sites for hydroxylation is 2. The van der Waals surface area contributed by atoms with Crippen molar-refractivity contribution in [2.24, 2.45) is 5.84 Å². The number of anilines is 2. The van der Waals surface area contributed by atoms with Gasteiger partial charge in [-0.05, 0) is 19.9 Å². The number of hydrogen-bond donors (Lipinski definition) is 3. The lowest BCUT2D eigenvalue weighted by atomic mass is 10.2. The summed E-state index contributed by atoms with van der Waals surface area (Å²) in [6, 6.07) is 1.82. The minimum absolute atomic E-state index is 0.140. The van der Waals surface area contributed by atoms with Gasteiger partial charge in [-0.3, -0.25) is 20.9 Å². The number of nitrogens with two attached hydrogens (primary N) is 1. The Morgan fingerprint density at radius 2 is 2.17 bits per heavy atom. The van der Waals surface area contributed by atoms with Crippen molar-refractivity contribution >= 4 is 17.6 Å². The summed E-state index contributed by atoms with van der Waals surface area (Å²) in [6.07, 6.45) is 2.89. The van der Waals surface area contributed by atoms with Crippen molar-refractivity contribution in [1.82, 2.24) is 9.97 Å². The monoisotopic (exact) mass is 247 g/mol. The van der Waals surface area contributed by atoms with Crippen LogP contribution in [0.4, 0.5) is 11.7 Å². The molecule has 0 saturated heterocycles. The quantitative estimate of drug-likeness (QED) is 0.556. The Hall–Kier alpha value is -2.41. The third-order valence-corrected chi connectivity index (χ3v) is 2.28. The lowest BCUT2D eigenvalue weighted by molar-refractivity contribution is 0.102. The lowest BCUT2D eigenvalue weighted by Crippen LogP contribution is -2.18. The van der Waals surface area contributed by atoms with Crippen LogP contribution in [0.5, 0.6) is 0 Å². The third kappa shape index (κ3) is 2.46. The van der Waals surface area contributed by atoms with E-state index in [9.17, 15) is 4.79 Å². The number of pyridine rings is 1. The van der Waals surface area contributed by atoms with Crippen molar-refractivity contribution < 1.29 is 9.21 Å². The molecule has 0 saturated carbocycles. The highest BCUT2D eigenvalue weighted by Gasteiger charge is 2.14. The number of carbonyl (C=O) groups is 1. The number of aromatic nitrogens is 2. The van der Waals surface area contributed by atoms with Crippen molar-refractivity contribution in [1.29, 1.82) is 0 Å². The maximum Gasteiger partial charge on any atom is 0.301 e. The topological polar surface area (TPSA) is 106 Å². The molecule has 0 spiro atoms. The van der Waals surface area contributed by atoms with E-state index >= 15 is 0 Å². The summed E-state index contributed by atoms with van der Waals surface area (Å²) >= 11 is 0. The van der Waals surface area contributed by atoms with Crippen molar-refractivity contribution in [3.8, 4) is 0 Å². The lowest BCUT2D eigenvalue weighted by Gasteiger charge is -2.07. The van der Waals surface area contributed by atoms with Crippen molar-refractivity contribution in [2.45, 2.75) is 13.8 Å². The predicted octanol–water partition coefficient (Wildman–Crippen LogP) is 1.22. The minimum Gasteiger partial charge on any atom is -0.432 e. The fourth-order valence-corrected chi connectivity index (χ4v) is 1.44. The number of oxazole rings is 1. The van der Waals surface area contributed by atoms with Crippen molar-refractivity contribution in [2.75, 3.05) is 10.7 Å². The molecule has 0 atom stereocenters. The zero-order chi connectivity index (χ0) is 13.1. The van der Waals surface area contributed by atoms with E-state index in [2.05, 4.69) is 20.7 Å². The van der Waals surface area contributed by atoms with E-state index in [1.54, 1.807) is 19.9 Å². The van der Waals surface area contributed by atoms with Crippen molar-refractivity contribution in [3.63, 3.8) is 0 Å². The Labute approximate surface area is 103 Å². The standard InChI is InChI=1S/C11H13N5O2/c1-6-3-9(16-12)8(4-13-6)10(17)15-11-14-7(2)5-18-11/h3-5H,12H2,1-2H3,(H,13,16)(H,14,15,17). The van der Waals surface area contributed by atoms with Gasteiger partial charge >= 0.3 is 6.01 Å². The molecule has 0 radical (unpaired) electrons. The molecule has 2 heterocycles. The van der Waals surface area contributed by atoms with Gasteiger partial charge in [0, 0.05) is 11.9 Å². The fraction of sp³-hybridized carbons (Fsp3) is 0.182. The zero-order valence-corrected chi connectivity index (χ0v) is 10.0. The molecule has 94 valence electrons. The number of amides is 1. The molecule has 2 aromatic heterocycles. The summed E-state index contributed by atoms with van der Waals surface area (Å²) in [7, 11) is 0. The predicted molar refractivity (Wildman–Crippen MR) is 66.0 cm³/mol. The molecule has 7 nitrogen and oxygen atoms in total. The first kappa shape index (κ1) is 12.1. The Bertz CT molecular complexity index is 579. The van der Waals surface area contributed by atoms with Crippen LogP contribution in [0, 0.1) is 13.8 Å². The van der Waals surface area contributed by atoms with Crippen LogP contribution >= 0.6 is 0 Å². The summed E-state index contributed by atoms with van der Waals surface area (Å²) in [5.74, 6) is 4.97.